The molecule has 0 aliphatic heterocycles. The van der Waals surface area contributed by atoms with Crippen molar-refractivity contribution in [1.29, 1.82) is 0 Å². The average Bonchev–Trinajstić information content (AvgIpc) is 2.54. The summed E-state index contributed by atoms with van der Waals surface area (Å²) in [5, 5.41) is 3.12. The highest BCUT2D eigenvalue weighted by atomic mass is 16.1. The highest BCUT2D eigenvalue weighted by Crippen LogP contribution is 2.16. The molecule has 0 spiro atoms. The van der Waals surface area contributed by atoms with E-state index in [0.29, 0.717) is 6.42 Å². The van der Waals surface area contributed by atoms with E-state index in [4.69, 9.17) is 0 Å². The summed E-state index contributed by atoms with van der Waals surface area (Å²) < 4.78 is 0. The topological polar surface area (TPSA) is 29.1 Å². The first-order valence-corrected chi connectivity index (χ1v) is 7.65. The van der Waals surface area contributed by atoms with Crippen molar-refractivity contribution < 1.29 is 4.79 Å². The first-order chi connectivity index (χ1) is 10.2. The van der Waals surface area contributed by atoms with Crippen LogP contribution in [0.3, 0.4) is 0 Å². The Labute approximate surface area is 127 Å². The molecule has 1 amide bonds. The third kappa shape index (κ3) is 4.45. The van der Waals surface area contributed by atoms with E-state index in [2.05, 4.69) is 43.4 Å². The number of hydrogen-bond donors (Lipinski definition) is 1. The normalized spacial score (nSPS) is 11.9. The monoisotopic (exact) mass is 281 g/mol. The molecule has 0 radical (unpaired) electrons. The quantitative estimate of drug-likeness (QED) is 0.850. The third-order valence-electron chi connectivity index (χ3n) is 3.74. The van der Waals surface area contributed by atoms with Crippen LogP contribution in [0.15, 0.2) is 54.6 Å². The van der Waals surface area contributed by atoms with Crippen LogP contribution in [-0.4, -0.2) is 5.91 Å². The van der Waals surface area contributed by atoms with E-state index in [1.165, 1.54) is 5.56 Å². The second kappa shape index (κ2) is 7.63. The van der Waals surface area contributed by atoms with Gasteiger partial charge in [0.25, 0.3) is 0 Å². The highest BCUT2D eigenvalue weighted by molar-refractivity contribution is 5.79. The zero-order valence-electron chi connectivity index (χ0n) is 12.8. The lowest BCUT2D eigenvalue weighted by molar-refractivity contribution is -0.121. The molecule has 2 aromatic carbocycles. The lowest BCUT2D eigenvalue weighted by Crippen LogP contribution is -2.29. The highest BCUT2D eigenvalue weighted by Gasteiger charge is 2.12. The molecule has 0 saturated carbocycles. The van der Waals surface area contributed by atoms with E-state index in [0.717, 1.165) is 24.0 Å². The number of rotatable bonds is 6. The van der Waals surface area contributed by atoms with Crippen molar-refractivity contribution in [2.24, 2.45) is 0 Å². The molecule has 0 saturated heterocycles. The minimum Gasteiger partial charge on any atom is -0.349 e. The van der Waals surface area contributed by atoms with Gasteiger partial charge in [0.2, 0.25) is 5.91 Å². The molecular formula is C19H23NO. The number of nitrogens with one attached hydrogen (secondary N) is 1. The Kier molecular flexibility index (Phi) is 5.56. The Bertz CT molecular complexity index is 560. The Morgan fingerprint density at radius 2 is 1.57 bits per heavy atom. The summed E-state index contributed by atoms with van der Waals surface area (Å²) in [5.41, 5.74) is 3.53. The van der Waals surface area contributed by atoms with Crippen LogP contribution in [0, 0.1) is 0 Å². The van der Waals surface area contributed by atoms with E-state index in [9.17, 15) is 4.79 Å². The SMILES string of the molecule is CCc1ccc(CC(=O)N[C@@H](CC)c2ccccc2)cc1. The van der Waals surface area contributed by atoms with E-state index in [1.54, 1.807) is 0 Å². The van der Waals surface area contributed by atoms with Crippen molar-refractivity contribution in [2.45, 2.75) is 39.2 Å². The largest absolute Gasteiger partial charge is 0.349 e. The summed E-state index contributed by atoms with van der Waals surface area (Å²) in [7, 11) is 0. The fourth-order valence-corrected chi connectivity index (χ4v) is 2.43. The molecule has 1 atom stereocenters. The standard InChI is InChI=1S/C19H23NO/c1-3-15-10-12-16(13-11-15)14-19(21)20-18(4-2)17-8-6-5-7-9-17/h5-13,18H,3-4,14H2,1-2H3,(H,20,21)/t18-/m0/s1. The summed E-state index contributed by atoms with van der Waals surface area (Å²) in [6.07, 6.45) is 2.36. The molecule has 0 aliphatic rings. The second-order valence-corrected chi connectivity index (χ2v) is 5.29. The first-order valence-electron chi connectivity index (χ1n) is 7.65. The molecule has 0 unspecified atom stereocenters. The zero-order chi connectivity index (χ0) is 15.1. The van der Waals surface area contributed by atoms with Crippen molar-refractivity contribution >= 4 is 5.91 Å². The second-order valence-electron chi connectivity index (χ2n) is 5.29. The summed E-state index contributed by atoms with van der Waals surface area (Å²) in [6.45, 7) is 4.22. The van der Waals surface area contributed by atoms with Gasteiger partial charge in [0.15, 0.2) is 0 Å². The third-order valence-corrected chi connectivity index (χ3v) is 3.74. The van der Waals surface area contributed by atoms with E-state index in [1.807, 2.05) is 30.3 Å². The van der Waals surface area contributed by atoms with Gasteiger partial charge in [-0.15, -0.1) is 0 Å². The maximum Gasteiger partial charge on any atom is 0.224 e. The van der Waals surface area contributed by atoms with Gasteiger partial charge in [0, 0.05) is 0 Å². The van der Waals surface area contributed by atoms with Crippen molar-refractivity contribution in [3.05, 3.63) is 71.3 Å². The maximum absolute atomic E-state index is 12.2. The Morgan fingerprint density at radius 1 is 0.952 bits per heavy atom. The molecule has 2 nitrogen and oxygen atoms in total. The molecule has 0 bridgehead atoms. The van der Waals surface area contributed by atoms with E-state index >= 15 is 0 Å². The molecule has 2 rings (SSSR count). The number of carbonyl (C=O) groups excluding carboxylic acids is 1. The zero-order valence-corrected chi connectivity index (χ0v) is 12.8. The van der Waals surface area contributed by atoms with Gasteiger partial charge in [-0.1, -0.05) is 68.4 Å². The lowest BCUT2D eigenvalue weighted by atomic mass is 10.0. The van der Waals surface area contributed by atoms with Crippen LogP contribution in [0.4, 0.5) is 0 Å². The van der Waals surface area contributed by atoms with Gasteiger partial charge in [-0.2, -0.15) is 0 Å². The van der Waals surface area contributed by atoms with Gasteiger partial charge in [-0.05, 0) is 29.5 Å². The van der Waals surface area contributed by atoms with Crippen molar-refractivity contribution in [2.75, 3.05) is 0 Å². The number of carbonyl (C=O) groups is 1. The molecular weight excluding hydrogens is 258 g/mol. The summed E-state index contributed by atoms with van der Waals surface area (Å²) in [4.78, 5) is 12.2. The van der Waals surface area contributed by atoms with Gasteiger partial charge in [0.05, 0.1) is 12.5 Å². The summed E-state index contributed by atoms with van der Waals surface area (Å²) in [6, 6.07) is 18.5. The summed E-state index contributed by atoms with van der Waals surface area (Å²) >= 11 is 0. The maximum atomic E-state index is 12.2. The van der Waals surface area contributed by atoms with Crippen LogP contribution in [0.5, 0.6) is 0 Å². The minimum atomic E-state index is 0.0787. The first kappa shape index (κ1) is 15.3. The van der Waals surface area contributed by atoms with Crippen LogP contribution in [0.2, 0.25) is 0 Å². The van der Waals surface area contributed by atoms with Gasteiger partial charge < -0.3 is 5.32 Å². The Morgan fingerprint density at radius 3 is 2.14 bits per heavy atom. The molecule has 110 valence electrons. The van der Waals surface area contributed by atoms with Crippen LogP contribution in [-0.2, 0) is 17.6 Å². The van der Waals surface area contributed by atoms with Crippen LogP contribution >= 0.6 is 0 Å². The molecule has 0 heterocycles. The van der Waals surface area contributed by atoms with Crippen LogP contribution in [0.25, 0.3) is 0 Å². The number of hydrogen-bond acceptors (Lipinski definition) is 1. The van der Waals surface area contributed by atoms with Crippen molar-refractivity contribution in [3.63, 3.8) is 0 Å². The van der Waals surface area contributed by atoms with Crippen molar-refractivity contribution in [3.8, 4) is 0 Å². The molecule has 0 fully saturated rings. The smallest absolute Gasteiger partial charge is 0.224 e. The van der Waals surface area contributed by atoms with Crippen LogP contribution in [0.1, 0.15) is 43.0 Å². The molecule has 0 aromatic heterocycles. The predicted molar refractivity (Wildman–Crippen MR) is 87.1 cm³/mol. The Balaban J connectivity index is 1.96. The summed E-state index contributed by atoms with van der Waals surface area (Å²) in [5.74, 6) is 0.0787. The fourth-order valence-electron chi connectivity index (χ4n) is 2.43. The molecule has 21 heavy (non-hydrogen) atoms. The molecule has 1 N–H and O–H groups in total. The number of benzene rings is 2. The predicted octanol–water partition coefficient (Wildman–Crippen LogP) is 4.06. The van der Waals surface area contributed by atoms with E-state index in [-0.39, 0.29) is 11.9 Å². The number of amides is 1. The van der Waals surface area contributed by atoms with Gasteiger partial charge in [-0.25, -0.2) is 0 Å². The van der Waals surface area contributed by atoms with Crippen molar-refractivity contribution in [1.82, 2.24) is 5.32 Å². The lowest BCUT2D eigenvalue weighted by Gasteiger charge is -2.17. The van der Waals surface area contributed by atoms with E-state index < -0.39 is 0 Å². The molecule has 2 aromatic rings. The van der Waals surface area contributed by atoms with Gasteiger partial charge in [0.1, 0.15) is 0 Å². The molecule has 0 aliphatic carbocycles. The average molecular weight is 281 g/mol. The molecule has 2 heteroatoms. The number of aryl methyl sites for hydroxylation is 1. The van der Waals surface area contributed by atoms with Gasteiger partial charge >= 0.3 is 0 Å². The fraction of sp³-hybridized carbons (Fsp3) is 0.316. The van der Waals surface area contributed by atoms with Gasteiger partial charge in [-0.3, -0.25) is 4.79 Å². The Hall–Kier alpha value is -2.09. The minimum absolute atomic E-state index is 0.0787. The van der Waals surface area contributed by atoms with Crippen LogP contribution < -0.4 is 5.32 Å².